The molecule has 0 saturated heterocycles. The molecule has 2 aromatic rings. The third-order valence-corrected chi connectivity index (χ3v) is 2.20. The Morgan fingerprint density at radius 3 is 2.63 bits per heavy atom. The van der Waals surface area contributed by atoms with E-state index in [1.54, 1.807) is 6.07 Å². The maximum Gasteiger partial charge on any atom is 0.305 e. The third-order valence-electron chi connectivity index (χ3n) is 2.20. The van der Waals surface area contributed by atoms with Gasteiger partial charge in [-0.1, -0.05) is 0 Å². The molecule has 0 atom stereocenters. The Bertz CT molecular complexity index is 633. The fourth-order valence-corrected chi connectivity index (χ4v) is 1.33. The summed E-state index contributed by atoms with van der Waals surface area (Å²) < 4.78 is 13.1. The van der Waals surface area contributed by atoms with Crippen LogP contribution in [0.2, 0.25) is 0 Å². The topological polar surface area (TPSA) is 98.0 Å². The second-order valence-corrected chi connectivity index (χ2v) is 3.45. The van der Waals surface area contributed by atoms with E-state index in [0.717, 1.165) is 18.2 Å². The van der Waals surface area contributed by atoms with Crippen molar-refractivity contribution >= 4 is 17.5 Å². The molecule has 1 aromatic heterocycles. The number of carbonyl (C=O) groups is 1. The van der Waals surface area contributed by atoms with Gasteiger partial charge in [0.1, 0.15) is 0 Å². The largest absolute Gasteiger partial charge is 0.305 e. The van der Waals surface area contributed by atoms with E-state index in [1.807, 2.05) is 0 Å². The van der Waals surface area contributed by atoms with Crippen LogP contribution in [0.25, 0.3) is 0 Å². The molecule has 1 heterocycles. The molecule has 0 fully saturated rings. The molecular weight excluding hydrogens is 255 g/mol. The molecule has 1 N–H and O–H groups in total. The highest BCUT2D eigenvalue weighted by Crippen LogP contribution is 2.18. The molecule has 96 valence electrons. The number of rotatable bonds is 3. The fraction of sp³-hybridized carbons (Fsp3) is 0. The van der Waals surface area contributed by atoms with Crippen LogP contribution in [-0.4, -0.2) is 20.8 Å². The van der Waals surface area contributed by atoms with Crippen LogP contribution < -0.4 is 5.32 Å². The minimum atomic E-state index is -1.00. The number of aromatic nitrogens is 2. The van der Waals surface area contributed by atoms with Crippen LogP contribution in [0.1, 0.15) is 10.4 Å². The van der Waals surface area contributed by atoms with Gasteiger partial charge in [0.15, 0.2) is 0 Å². The number of anilines is 1. The van der Waals surface area contributed by atoms with Crippen LogP contribution in [-0.2, 0) is 0 Å². The molecule has 0 aliphatic carbocycles. The lowest BCUT2D eigenvalue weighted by Crippen LogP contribution is -2.14. The Morgan fingerprint density at radius 2 is 2.00 bits per heavy atom. The predicted molar refractivity (Wildman–Crippen MR) is 63.0 cm³/mol. The number of nitrogens with one attached hydrogen (secondary N) is 1. The lowest BCUT2D eigenvalue weighted by molar-refractivity contribution is -0.387. The summed E-state index contributed by atoms with van der Waals surface area (Å²) in [5, 5.41) is 12.9. The fourth-order valence-electron chi connectivity index (χ4n) is 1.33. The molecule has 0 aliphatic heterocycles. The first-order valence-electron chi connectivity index (χ1n) is 5.10. The minimum absolute atomic E-state index is 0.0550. The predicted octanol–water partition coefficient (Wildman–Crippen LogP) is 1.78. The summed E-state index contributed by atoms with van der Waals surface area (Å²) >= 11 is 0. The normalized spacial score (nSPS) is 9.95. The van der Waals surface area contributed by atoms with Crippen molar-refractivity contribution in [2.45, 2.75) is 0 Å². The smallest absolute Gasteiger partial charge is 0.290 e. The summed E-state index contributed by atoms with van der Waals surface area (Å²) in [6.07, 6.45) is 2.85. The summed E-state index contributed by atoms with van der Waals surface area (Å²) in [5.74, 6) is -1.61. The zero-order chi connectivity index (χ0) is 13.8. The molecule has 1 amide bonds. The van der Waals surface area contributed by atoms with Crippen LogP contribution in [0, 0.1) is 15.9 Å². The van der Waals surface area contributed by atoms with E-state index in [4.69, 9.17) is 0 Å². The zero-order valence-electron chi connectivity index (χ0n) is 9.41. The first-order chi connectivity index (χ1) is 9.08. The van der Waals surface area contributed by atoms with Crippen molar-refractivity contribution < 1.29 is 14.1 Å². The molecule has 0 aliphatic rings. The molecule has 0 bridgehead atoms. The van der Waals surface area contributed by atoms with E-state index in [1.165, 1.54) is 12.4 Å². The average Bonchev–Trinajstić information content (AvgIpc) is 2.40. The maximum atomic E-state index is 13.1. The summed E-state index contributed by atoms with van der Waals surface area (Å²) in [5.41, 5.74) is -0.817. The SMILES string of the molecule is O=C(Nc1ncccn1)c1ccc(F)c([N+](=O)[O-])c1. The molecule has 19 heavy (non-hydrogen) atoms. The summed E-state index contributed by atoms with van der Waals surface area (Å²) in [6.45, 7) is 0. The second kappa shape index (κ2) is 5.17. The molecule has 2 rings (SSSR count). The number of amides is 1. The van der Waals surface area contributed by atoms with E-state index in [2.05, 4.69) is 15.3 Å². The Hall–Kier alpha value is -2.90. The highest BCUT2D eigenvalue weighted by molar-refractivity contribution is 6.03. The van der Waals surface area contributed by atoms with Crippen molar-refractivity contribution in [2.24, 2.45) is 0 Å². The molecule has 1 aromatic carbocycles. The van der Waals surface area contributed by atoms with Crippen molar-refractivity contribution in [3.8, 4) is 0 Å². The number of hydrogen-bond donors (Lipinski definition) is 1. The zero-order valence-corrected chi connectivity index (χ0v) is 9.41. The van der Waals surface area contributed by atoms with Crippen molar-refractivity contribution in [1.29, 1.82) is 0 Å². The standard InChI is InChI=1S/C11H7FN4O3/c12-8-3-2-7(6-9(8)16(18)19)10(17)15-11-13-4-1-5-14-11/h1-6H,(H,13,14,15,17). The summed E-state index contributed by atoms with van der Waals surface area (Å²) in [7, 11) is 0. The van der Waals surface area contributed by atoms with Crippen molar-refractivity contribution in [3.05, 3.63) is 58.2 Å². The van der Waals surface area contributed by atoms with Crippen molar-refractivity contribution in [2.75, 3.05) is 5.32 Å². The summed E-state index contributed by atoms with van der Waals surface area (Å²) in [4.78, 5) is 29.0. The van der Waals surface area contributed by atoms with E-state index >= 15 is 0 Å². The maximum absolute atomic E-state index is 13.1. The van der Waals surface area contributed by atoms with Gasteiger partial charge in [0.2, 0.25) is 11.8 Å². The van der Waals surface area contributed by atoms with E-state index in [0.29, 0.717) is 0 Å². The third kappa shape index (κ3) is 2.86. The highest BCUT2D eigenvalue weighted by Gasteiger charge is 2.17. The first kappa shape index (κ1) is 12.6. The molecule has 0 saturated carbocycles. The lowest BCUT2D eigenvalue weighted by Gasteiger charge is -2.03. The van der Waals surface area contributed by atoms with Gasteiger partial charge in [0.05, 0.1) is 4.92 Å². The molecule has 8 heteroatoms. The number of benzene rings is 1. The van der Waals surface area contributed by atoms with Gasteiger partial charge in [-0.2, -0.15) is 4.39 Å². The van der Waals surface area contributed by atoms with Gasteiger partial charge in [-0.05, 0) is 18.2 Å². The number of nitro benzene ring substituents is 1. The highest BCUT2D eigenvalue weighted by atomic mass is 19.1. The van der Waals surface area contributed by atoms with Gasteiger partial charge >= 0.3 is 5.69 Å². The van der Waals surface area contributed by atoms with Crippen LogP contribution >= 0.6 is 0 Å². The molecule has 7 nitrogen and oxygen atoms in total. The molecule has 0 unspecified atom stereocenters. The average molecular weight is 262 g/mol. The monoisotopic (exact) mass is 262 g/mol. The number of hydrogen-bond acceptors (Lipinski definition) is 5. The Labute approximate surface area is 106 Å². The van der Waals surface area contributed by atoms with Crippen LogP contribution in [0.3, 0.4) is 0 Å². The van der Waals surface area contributed by atoms with Crippen LogP contribution in [0.5, 0.6) is 0 Å². The van der Waals surface area contributed by atoms with Gasteiger partial charge in [-0.3, -0.25) is 20.2 Å². The minimum Gasteiger partial charge on any atom is -0.290 e. The second-order valence-electron chi connectivity index (χ2n) is 3.45. The lowest BCUT2D eigenvalue weighted by atomic mass is 10.2. The van der Waals surface area contributed by atoms with Crippen LogP contribution in [0.4, 0.5) is 16.0 Å². The van der Waals surface area contributed by atoms with Crippen LogP contribution in [0.15, 0.2) is 36.7 Å². The van der Waals surface area contributed by atoms with Crippen molar-refractivity contribution in [1.82, 2.24) is 9.97 Å². The molecular formula is C11H7FN4O3. The Kier molecular flexibility index (Phi) is 3.42. The number of halogens is 1. The van der Waals surface area contributed by atoms with Gasteiger partial charge in [-0.25, -0.2) is 9.97 Å². The van der Waals surface area contributed by atoms with E-state index in [-0.39, 0.29) is 11.5 Å². The van der Waals surface area contributed by atoms with Crippen molar-refractivity contribution in [3.63, 3.8) is 0 Å². The first-order valence-corrected chi connectivity index (χ1v) is 5.10. The van der Waals surface area contributed by atoms with Gasteiger partial charge in [0, 0.05) is 24.0 Å². The van der Waals surface area contributed by atoms with Gasteiger partial charge in [-0.15, -0.1) is 0 Å². The van der Waals surface area contributed by atoms with E-state index < -0.39 is 22.3 Å². The Morgan fingerprint density at radius 1 is 1.32 bits per heavy atom. The Balaban J connectivity index is 2.25. The summed E-state index contributed by atoms with van der Waals surface area (Å²) in [6, 6.07) is 4.42. The van der Waals surface area contributed by atoms with E-state index in [9.17, 15) is 19.3 Å². The van der Waals surface area contributed by atoms with Gasteiger partial charge < -0.3 is 0 Å². The molecule has 0 spiro atoms. The molecule has 0 radical (unpaired) electrons. The number of nitro groups is 1. The number of carbonyl (C=O) groups excluding carboxylic acids is 1. The number of nitrogens with zero attached hydrogens (tertiary/aromatic N) is 3. The quantitative estimate of drug-likeness (QED) is 0.671. The van der Waals surface area contributed by atoms with Gasteiger partial charge in [0.25, 0.3) is 5.91 Å².